The average molecular weight is 1510 g/mol. The number of benzene rings is 12. The lowest BCUT2D eigenvalue weighted by molar-refractivity contribution is -0.660. The summed E-state index contributed by atoms with van der Waals surface area (Å²) in [6.45, 7) is 37.1. The molecule has 0 atom stereocenters. The van der Waals surface area contributed by atoms with Crippen molar-refractivity contribution < 1.29 is 18.3 Å². The second kappa shape index (κ2) is 29.2. The molecule has 0 unspecified atom stereocenters. The zero-order valence-electron chi connectivity index (χ0n) is 72.0. The number of aryl methyl sites for hydroxylation is 14. The highest BCUT2D eigenvalue weighted by Gasteiger charge is 2.50. The van der Waals surface area contributed by atoms with Gasteiger partial charge in [0.05, 0.1) is 16.7 Å². The molecule has 12 aromatic carbocycles. The molecular weight excluding hydrogens is 1400 g/mol. The summed E-state index contributed by atoms with van der Waals surface area (Å²) in [6.07, 6.45) is 13.1. The molecule has 0 fully saturated rings. The van der Waals surface area contributed by atoms with Crippen LogP contribution in [0, 0.1) is 55.4 Å². The molecule has 0 aliphatic heterocycles. The van der Waals surface area contributed by atoms with Crippen LogP contribution >= 0.6 is 0 Å². The van der Waals surface area contributed by atoms with Gasteiger partial charge >= 0.3 is 0 Å². The van der Waals surface area contributed by atoms with Gasteiger partial charge in [0.15, 0.2) is 24.8 Å². The Labute approximate surface area is 689 Å². The van der Waals surface area contributed by atoms with Crippen molar-refractivity contribution in [3.8, 4) is 89.5 Å². The molecule has 16 aromatic rings. The fraction of sp³-hybridized carbons (Fsp3) is 0.250. The average Bonchev–Trinajstić information content (AvgIpc) is 0.701. The van der Waals surface area contributed by atoms with Crippen molar-refractivity contribution >= 4 is 43.1 Å². The van der Waals surface area contributed by atoms with E-state index in [0.29, 0.717) is 0 Å². The fourth-order valence-electron chi connectivity index (χ4n) is 20.2. The molecule has 576 valence electrons. The van der Waals surface area contributed by atoms with E-state index in [-0.39, 0.29) is 21.7 Å². The number of aromatic nitrogens is 4. The van der Waals surface area contributed by atoms with Crippen LogP contribution in [0.5, 0.6) is 0 Å². The molecule has 0 radical (unpaired) electrons. The zero-order valence-corrected chi connectivity index (χ0v) is 72.0. The highest BCUT2D eigenvalue weighted by Crippen LogP contribution is 2.59. The Balaban J connectivity index is 0.000000111. The third-order valence-corrected chi connectivity index (χ3v) is 28.0. The standard InChI is InChI=1S/2C30H32N.2C26H24N/c1-19-14-15-31(7)27(16-19)24-18-25-23-13-12-21-10-8-9-11-22(21)28(23)30(5,6)29(3,4)26(25)17-20(24)2;1-19-14-15-31(7)26(16-19)27-20(2)12-13-23-24-17-21-10-8-9-11-22(21)18-25(24)29(3,4)30(5,6)28(23)27;1-17-14-15-27(3)24(16-17)25-18(2)8-12-23-22(25)13-11-20-10-9-19-6-4-5-7-21(19)26(20)23;1-17-12-13-27(3)25(14-17)26-18(2)8-10-22-23(26)11-9-21-15-19-6-4-5-7-20(19)16-24(21)22/h2*8-18H,1-7H3;4-10,12,14-16H,11,13H2,1-3H3;4-8,10,12-16H,9,11H2,1-3H3/q4*+1. The molecule has 0 saturated carbocycles. The highest BCUT2D eigenvalue weighted by atomic mass is 14.9. The summed E-state index contributed by atoms with van der Waals surface area (Å²) in [5.74, 6) is 0. The molecule has 20 rings (SSSR count). The molecular formula is C112H112N4+4. The first kappa shape index (κ1) is 76.9. The maximum atomic E-state index is 2.45. The van der Waals surface area contributed by atoms with E-state index in [9.17, 15) is 0 Å². The van der Waals surface area contributed by atoms with E-state index in [1.165, 1.54) is 222 Å². The summed E-state index contributed by atoms with van der Waals surface area (Å²) >= 11 is 0. The Hall–Kier alpha value is -11.7. The van der Waals surface area contributed by atoms with Gasteiger partial charge in [0.1, 0.15) is 28.2 Å². The van der Waals surface area contributed by atoms with Gasteiger partial charge in [0.25, 0.3) is 0 Å². The van der Waals surface area contributed by atoms with Gasteiger partial charge < -0.3 is 0 Å². The molecule has 4 aliphatic carbocycles. The van der Waals surface area contributed by atoms with Gasteiger partial charge in [0, 0.05) is 64.9 Å². The van der Waals surface area contributed by atoms with E-state index in [1.807, 2.05) is 0 Å². The Morgan fingerprint density at radius 2 is 0.612 bits per heavy atom. The summed E-state index contributed by atoms with van der Waals surface area (Å²) in [5, 5.41) is 10.7. The van der Waals surface area contributed by atoms with Crippen molar-refractivity contribution in [3.05, 3.63) is 356 Å². The van der Waals surface area contributed by atoms with E-state index < -0.39 is 0 Å². The second-order valence-electron chi connectivity index (χ2n) is 36.4. The summed E-state index contributed by atoms with van der Waals surface area (Å²) in [5.41, 5.74) is 44.3. The van der Waals surface area contributed by atoms with Gasteiger partial charge in [-0.1, -0.05) is 225 Å². The first-order valence-corrected chi connectivity index (χ1v) is 42.0. The topological polar surface area (TPSA) is 15.5 Å². The summed E-state index contributed by atoms with van der Waals surface area (Å²) in [7, 11) is 8.61. The lowest BCUT2D eigenvalue weighted by Crippen LogP contribution is -2.44. The SMILES string of the molecule is Cc1cc[n+](C)c(-c2c(C)ccc3c2C(C)(C)C(C)(C)c2cc4ccccc4cc2-3)c1.Cc1cc[n+](C)c(-c2c(C)ccc3c2CCc2cc4ccccc4cc2-3)c1.Cc1cc[n+](C)c(-c2c(C)ccc3c2CCc2ccc4ccccc4c2-3)c1.Cc1cc[n+](C)c(-c2cc3c(cc2C)C(C)(C)C(C)(C)c2c-3ccc3ccccc23)c1. The van der Waals surface area contributed by atoms with Crippen molar-refractivity contribution in [2.75, 3.05) is 0 Å². The van der Waals surface area contributed by atoms with E-state index in [0.717, 1.165) is 25.7 Å². The van der Waals surface area contributed by atoms with Gasteiger partial charge in [-0.05, 0) is 293 Å². The molecule has 4 nitrogen and oxygen atoms in total. The molecule has 116 heavy (non-hydrogen) atoms. The molecule has 0 spiro atoms. The number of hydrogen-bond donors (Lipinski definition) is 0. The Kier molecular flexibility index (Phi) is 19.4. The van der Waals surface area contributed by atoms with E-state index >= 15 is 0 Å². The van der Waals surface area contributed by atoms with Crippen LogP contribution in [0.1, 0.15) is 144 Å². The van der Waals surface area contributed by atoms with Gasteiger partial charge in [-0.2, -0.15) is 0 Å². The minimum Gasteiger partial charge on any atom is -0.201 e. The lowest BCUT2D eigenvalue weighted by Gasteiger charge is -2.49. The Morgan fingerprint density at radius 1 is 0.233 bits per heavy atom. The van der Waals surface area contributed by atoms with Gasteiger partial charge in [-0.25, -0.2) is 18.3 Å². The quantitative estimate of drug-likeness (QED) is 0.156. The Bertz CT molecular complexity index is 6710. The smallest absolute Gasteiger partial charge is 0.201 e. The highest BCUT2D eigenvalue weighted by molar-refractivity contribution is 6.02. The van der Waals surface area contributed by atoms with Crippen LogP contribution < -0.4 is 18.3 Å². The van der Waals surface area contributed by atoms with Crippen molar-refractivity contribution in [2.45, 2.75) is 158 Å². The maximum absolute atomic E-state index is 2.45. The summed E-state index contributed by atoms with van der Waals surface area (Å²) in [6, 6.07) is 90.8. The lowest BCUT2D eigenvalue weighted by atomic mass is 9.54. The number of hydrogen-bond acceptors (Lipinski definition) is 0. The minimum absolute atomic E-state index is 0.00962. The van der Waals surface area contributed by atoms with Gasteiger partial charge in [0.2, 0.25) is 22.8 Å². The van der Waals surface area contributed by atoms with E-state index in [1.54, 1.807) is 0 Å². The molecule has 0 saturated heterocycles. The number of rotatable bonds is 4. The maximum Gasteiger partial charge on any atom is 0.213 e. The third-order valence-electron chi connectivity index (χ3n) is 28.0. The van der Waals surface area contributed by atoms with Crippen molar-refractivity contribution in [1.82, 2.24) is 0 Å². The molecule has 4 aliphatic rings. The molecule has 4 heterocycles. The largest absolute Gasteiger partial charge is 0.213 e. The molecule has 0 N–H and O–H groups in total. The van der Waals surface area contributed by atoms with Crippen LogP contribution in [0.15, 0.2) is 267 Å². The van der Waals surface area contributed by atoms with Crippen LogP contribution in [0.4, 0.5) is 0 Å². The Morgan fingerprint density at radius 3 is 1.17 bits per heavy atom. The van der Waals surface area contributed by atoms with Crippen LogP contribution in [0.2, 0.25) is 0 Å². The number of fused-ring (bicyclic) bond motifs is 18. The molecule has 4 aromatic heterocycles. The van der Waals surface area contributed by atoms with Gasteiger partial charge in [-0.15, -0.1) is 0 Å². The summed E-state index contributed by atoms with van der Waals surface area (Å²) in [4.78, 5) is 0. The van der Waals surface area contributed by atoms with E-state index in [4.69, 9.17) is 0 Å². The van der Waals surface area contributed by atoms with E-state index in [2.05, 4.69) is 425 Å². The zero-order chi connectivity index (χ0) is 81.3. The number of nitrogens with zero attached hydrogens (tertiary/aromatic N) is 4. The molecule has 0 amide bonds. The summed E-state index contributed by atoms with van der Waals surface area (Å²) < 4.78 is 9.02. The third kappa shape index (κ3) is 12.9. The van der Waals surface area contributed by atoms with Crippen LogP contribution in [0.25, 0.3) is 133 Å². The second-order valence-corrected chi connectivity index (χ2v) is 36.4. The molecule has 0 bridgehead atoms. The predicted octanol–water partition coefficient (Wildman–Crippen LogP) is 25.8. The normalized spacial score (nSPS) is 14.5. The first-order valence-electron chi connectivity index (χ1n) is 42.0. The van der Waals surface area contributed by atoms with Crippen molar-refractivity contribution in [1.29, 1.82) is 0 Å². The first-order chi connectivity index (χ1) is 55.5. The van der Waals surface area contributed by atoms with Crippen LogP contribution in [-0.2, 0) is 75.5 Å². The fourth-order valence-corrected chi connectivity index (χ4v) is 20.2. The molecule has 4 heteroatoms. The monoisotopic (exact) mass is 1510 g/mol. The predicted molar refractivity (Wildman–Crippen MR) is 489 cm³/mol. The van der Waals surface area contributed by atoms with Crippen molar-refractivity contribution in [2.24, 2.45) is 28.2 Å². The minimum atomic E-state index is -0.0319. The van der Waals surface area contributed by atoms with Crippen LogP contribution in [-0.4, -0.2) is 0 Å². The number of pyridine rings is 4. The van der Waals surface area contributed by atoms with Crippen LogP contribution in [0.3, 0.4) is 0 Å². The van der Waals surface area contributed by atoms with Crippen molar-refractivity contribution in [3.63, 3.8) is 0 Å². The van der Waals surface area contributed by atoms with Gasteiger partial charge in [-0.3, -0.25) is 0 Å².